The number of nitro groups is 1. The Balaban J connectivity index is 0.000000200. The van der Waals surface area contributed by atoms with E-state index in [1.807, 2.05) is 27.7 Å². The molecular formula is C90H146N6O23. The predicted molar refractivity (Wildman–Crippen MR) is 444 cm³/mol. The van der Waals surface area contributed by atoms with Gasteiger partial charge in [0, 0.05) is 105 Å². The first-order chi connectivity index (χ1) is 57.1. The van der Waals surface area contributed by atoms with Crippen molar-refractivity contribution < 1.29 is 105 Å². The van der Waals surface area contributed by atoms with E-state index in [0.717, 1.165) is 114 Å². The average Bonchev–Trinajstić information content (AvgIpc) is 1.59. The molecular weight excluding hydrogens is 1530 g/mol. The molecule has 2 N–H and O–H groups in total. The Hall–Kier alpha value is -4.77. The third kappa shape index (κ3) is 22.7. The van der Waals surface area contributed by atoms with Gasteiger partial charge in [-0.25, -0.2) is 10.1 Å². The molecule has 0 aromatic heterocycles. The van der Waals surface area contributed by atoms with E-state index >= 15 is 0 Å². The van der Waals surface area contributed by atoms with Gasteiger partial charge in [-0.05, 0) is 230 Å². The zero-order chi connectivity index (χ0) is 85.8. The highest BCUT2D eigenvalue weighted by Crippen LogP contribution is 2.58. The van der Waals surface area contributed by atoms with E-state index in [1.54, 1.807) is 49.7 Å². The van der Waals surface area contributed by atoms with Gasteiger partial charge in [0.15, 0.2) is 41.8 Å². The number of nitrogens with one attached hydrogen (secondary N) is 2. The maximum Gasteiger partial charge on any atom is 0.306 e. The van der Waals surface area contributed by atoms with E-state index in [4.69, 9.17) is 80.5 Å². The Morgan fingerprint density at radius 3 is 1.44 bits per heavy atom. The van der Waals surface area contributed by atoms with Crippen LogP contribution in [-0.2, 0) is 99.7 Å². The lowest BCUT2D eigenvalue weighted by molar-refractivity contribution is -0.485. The lowest BCUT2D eigenvalue weighted by Crippen LogP contribution is -2.59. The van der Waals surface area contributed by atoms with E-state index in [0.29, 0.717) is 55.8 Å². The van der Waals surface area contributed by atoms with Crippen molar-refractivity contribution in [2.75, 3.05) is 97.7 Å². The quantitative estimate of drug-likeness (QED) is 0.0269. The van der Waals surface area contributed by atoms with Gasteiger partial charge >= 0.3 is 11.9 Å². The van der Waals surface area contributed by atoms with Crippen molar-refractivity contribution in [2.24, 2.45) is 82.0 Å². The van der Waals surface area contributed by atoms with E-state index in [-0.39, 0.29) is 200 Å². The summed E-state index contributed by atoms with van der Waals surface area (Å²) in [5.41, 5.74) is 2.84. The fourth-order valence-corrected chi connectivity index (χ4v) is 22.4. The second-order valence-electron chi connectivity index (χ2n) is 36.5. The highest BCUT2D eigenvalue weighted by Gasteiger charge is 2.57. The number of carbonyl (C=O) groups is 4. The summed E-state index contributed by atoms with van der Waals surface area (Å²) < 4.78 is 104. The second-order valence-corrected chi connectivity index (χ2v) is 36.5. The molecule has 29 nitrogen and oxygen atoms in total. The standard InChI is InChI=1S/C42H67NO10.C41H65NO10.C7H14N4O3/c1-11-26-13-12-14-35(53-37-16-15-34(43(6)7)24(4)49-37)23(3)38(45)33-20-31-29(32(33)21-36(44)51-26)17-22(2)28-18-27(19-30(28)31)52-42-41(48-10)40(47-9)39(46-8)25(5)50-42;1-10-26-12-11-13-34(52-36-17-16-33(42(5)6)23(3)48-36)22(2)37(44)32-20-30-28(31(32)21-35(43)50-26)15-14-25-18-27(19-29(25)30)51-41-40(47-9)39(46-8)38(45-7)24(4)49-41;1-8-7(10-11(12)13)9-4-6-2-3-14-5-6/h17,20,23-32,34-35,37,39-42H,11-16,18-19,21H2,1-10H3;14-15,20,22-31,33-34,36,38-41H,10-13,16-19,21H2,1-9H3;6H,2-5H2,1H3,(H2,8,9,10)/t23-,24-,25+,26+,27-,28+,29-,30-,31-,32+,34+,35+,37+,39+,40-,41-,42+;22-,23-,24+,25-,26+,27-,28-,29-,30-,31+,33+,34+,36+,38+,39-,40-,41+;/m11./s1. The molecule has 6 aliphatic carbocycles. The first-order valence-corrected chi connectivity index (χ1v) is 44.8. The smallest absolute Gasteiger partial charge is 0.306 e. The van der Waals surface area contributed by atoms with E-state index in [9.17, 15) is 29.3 Å². The topological polar surface area (TPSA) is 311 Å². The normalized spacial score (nSPS) is 42.8. The van der Waals surface area contributed by atoms with Crippen LogP contribution in [0.3, 0.4) is 0 Å². The van der Waals surface area contributed by atoms with Gasteiger partial charge in [0.05, 0.1) is 68.3 Å². The molecule has 29 heteroatoms. The Labute approximate surface area is 707 Å². The van der Waals surface area contributed by atoms with Gasteiger partial charge in [0.1, 0.15) is 53.9 Å². The molecule has 0 spiro atoms. The van der Waals surface area contributed by atoms with Crippen molar-refractivity contribution in [1.29, 1.82) is 0 Å². The molecule has 1 unspecified atom stereocenters. The van der Waals surface area contributed by atoms with Crippen molar-refractivity contribution in [3.8, 4) is 0 Å². The number of fused-ring (bicyclic) bond motifs is 10. The molecule has 2 saturated carbocycles. The van der Waals surface area contributed by atoms with Gasteiger partial charge < -0.3 is 101 Å². The molecule has 13 aliphatic rings. The van der Waals surface area contributed by atoms with Crippen LogP contribution in [0.4, 0.5) is 0 Å². The second kappa shape index (κ2) is 43.9. The van der Waals surface area contributed by atoms with Gasteiger partial charge in [-0.1, -0.05) is 63.6 Å². The first-order valence-electron chi connectivity index (χ1n) is 44.8. The summed E-state index contributed by atoms with van der Waals surface area (Å²) in [6.45, 7) is 20.7. The van der Waals surface area contributed by atoms with Gasteiger partial charge in [0.2, 0.25) is 0 Å². The number of hydrogen-bond donors (Lipinski definition) is 2. The Morgan fingerprint density at radius 2 is 1.00 bits per heavy atom. The molecule has 0 aromatic rings. The fourth-order valence-electron chi connectivity index (χ4n) is 22.4. The number of nitrogens with zero attached hydrogens (tertiary/aromatic N) is 4. The molecule has 674 valence electrons. The van der Waals surface area contributed by atoms with Crippen LogP contribution in [0.15, 0.2) is 52.2 Å². The third-order valence-corrected chi connectivity index (χ3v) is 28.9. The third-order valence-electron chi connectivity index (χ3n) is 28.9. The lowest BCUT2D eigenvalue weighted by atomic mass is 9.67. The number of esters is 2. The zero-order valence-corrected chi connectivity index (χ0v) is 74.8. The number of ether oxygens (including phenoxy) is 17. The van der Waals surface area contributed by atoms with E-state index in [2.05, 4.69) is 119 Å². The number of guanidine groups is 1. The summed E-state index contributed by atoms with van der Waals surface area (Å²) in [4.78, 5) is 71.0. The minimum absolute atomic E-state index is 0.0364. The summed E-state index contributed by atoms with van der Waals surface area (Å²) in [6.07, 6.45) is 20.4. The highest BCUT2D eigenvalue weighted by molar-refractivity contribution is 6.00. The van der Waals surface area contributed by atoms with Crippen LogP contribution in [0.5, 0.6) is 0 Å². The predicted octanol–water partition coefficient (Wildman–Crippen LogP) is 10.7. The van der Waals surface area contributed by atoms with Crippen LogP contribution >= 0.6 is 0 Å². The highest BCUT2D eigenvalue weighted by atomic mass is 16.7. The van der Waals surface area contributed by atoms with Crippen molar-refractivity contribution in [3.63, 3.8) is 0 Å². The Kier molecular flexibility index (Phi) is 35.0. The zero-order valence-electron chi connectivity index (χ0n) is 74.8. The number of Topliss-reactive ketones (excluding diaryl/α,β-unsaturated/α-hetero) is 2. The van der Waals surface area contributed by atoms with Crippen molar-refractivity contribution >= 4 is 29.5 Å². The monoisotopic (exact) mass is 1680 g/mol. The first kappa shape index (κ1) is 94.9. The van der Waals surface area contributed by atoms with E-state index in [1.165, 1.54) is 5.57 Å². The van der Waals surface area contributed by atoms with Crippen LogP contribution in [0.25, 0.3) is 0 Å². The lowest BCUT2D eigenvalue weighted by Gasteiger charge is -2.44. The fraction of sp³-hybridized carbons (Fsp3) is 0.856. The van der Waals surface area contributed by atoms with Crippen molar-refractivity contribution in [1.82, 2.24) is 20.4 Å². The van der Waals surface area contributed by atoms with Crippen LogP contribution in [0.1, 0.15) is 184 Å². The van der Waals surface area contributed by atoms with Gasteiger partial charge in [-0.3, -0.25) is 19.2 Å². The molecule has 13 rings (SSSR count). The summed E-state index contributed by atoms with van der Waals surface area (Å²) in [5.74, 6) is 0.629. The number of cyclic esters (lactones) is 2. The number of hydrogen-bond acceptors (Lipinski definition) is 25. The molecule has 0 amide bonds. The summed E-state index contributed by atoms with van der Waals surface area (Å²) >= 11 is 0. The molecule has 0 bridgehead atoms. The SMILES string of the molecule is CC[C@H]1CCC[C@H](O[C@H]2CC[C@H](N(C)C)[C@@H](C)O2)[C@@H](C)C(=O)C2=C[C@@H]3[C@@H](C=C(C)[C@@H]4C[C@@H](O[C@@H]5O[C@@H](C)[C@H](OC)[C@@H](OC)[C@H]5OC)C[C@@H]34)[C@@H]2CC(=O)O1.CC[C@H]1CCC[C@H](O[C@H]2CC[C@H](N(C)C)[C@@H](C)O2)[C@@H](C)C(=O)C2=C[C@@H]3[C@@H](C=C[C@@H]4C[C@@H](O[C@@H]5O[C@@H](C)[C@H](OC)[C@@H](OC)[C@H]5OC)C[C@@H]34)[C@@H]2CC(=O)O1.CN/C(=N/[N+](=O)[O-])NCC1CCOC1. The molecule has 7 saturated heterocycles. The van der Waals surface area contributed by atoms with Gasteiger partial charge in [-0.2, -0.15) is 0 Å². The number of hydrazone groups is 1. The van der Waals surface area contributed by atoms with Gasteiger partial charge in [0.25, 0.3) is 5.96 Å². The van der Waals surface area contributed by atoms with Crippen LogP contribution in [0, 0.1) is 87.0 Å². The van der Waals surface area contributed by atoms with Crippen LogP contribution in [0.2, 0.25) is 0 Å². The van der Waals surface area contributed by atoms with Crippen molar-refractivity contribution in [2.45, 2.75) is 319 Å². The Morgan fingerprint density at radius 1 is 0.529 bits per heavy atom. The maximum atomic E-state index is 14.7. The number of methoxy groups -OCH3 is 6. The molecule has 0 aromatic carbocycles. The number of ketones is 2. The molecule has 7 aliphatic heterocycles. The minimum atomic E-state index is -0.732. The molecule has 0 radical (unpaired) electrons. The van der Waals surface area contributed by atoms with Crippen molar-refractivity contribution in [3.05, 3.63) is 57.2 Å². The van der Waals surface area contributed by atoms with E-state index < -0.39 is 29.8 Å². The largest absolute Gasteiger partial charge is 0.462 e. The number of carbonyl (C=O) groups excluding carboxylic acids is 4. The average molecular weight is 1680 g/mol. The molecule has 119 heavy (non-hydrogen) atoms. The number of allylic oxidation sites excluding steroid dienone is 8. The maximum absolute atomic E-state index is 14.7. The summed E-state index contributed by atoms with van der Waals surface area (Å²) in [6, 6.07) is 0.676. The summed E-state index contributed by atoms with van der Waals surface area (Å²) in [5, 5.41) is 18.0. The minimum Gasteiger partial charge on any atom is -0.462 e. The molecule has 35 atom stereocenters. The number of likely N-dealkylation sites (N-methyl/N-ethyl adjacent to an activating group) is 2. The molecule has 7 heterocycles. The summed E-state index contributed by atoms with van der Waals surface area (Å²) in [7, 11) is 19.9. The van der Waals surface area contributed by atoms with Crippen LogP contribution < -0.4 is 10.6 Å². The molecule has 9 fully saturated rings. The Bertz CT molecular complexity index is 3460. The number of rotatable bonds is 21. The van der Waals surface area contributed by atoms with Gasteiger partial charge in [-0.15, -0.1) is 0 Å². The van der Waals surface area contributed by atoms with Crippen LogP contribution in [-0.4, -0.2) is 277 Å².